The van der Waals surface area contributed by atoms with E-state index in [-0.39, 0.29) is 0 Å². The van der Waals surface area contributed by atoms with Gasteiger partial charge in [-0.1, -0.05) is 30.3 Å². The van der Waals surface area contributed by atoms with Gasteiger partial charge in [0.15, 0.2) is 0 Å². The Labute approximate surface area is 137 Å². The molecule has 3 aromatic rings. The number of benzene rings is 2. The molecule has 0 aliphatic carbocycles. The molecule has 0 spiro atoms. The van der Waals surface area contributed by atoms with Crippen molar-refractivity contribution in [2.45, 2.75) is 6.61 Å². The molecule has 1 heterocycles. The molecule has 0 aliphatic heterocycles. The van der Waals surface area contributed by atoms with Crippen molar-refractivity contribution in [3.05, 3.63) is 65.0 Å². The van der Waals surface area contributed by atoms with Gasteiger partial charge in [0.2, 0.25) is 0 Å². The maximum atomic E-state index is 10.8. The monoisotopic (exact) mass is 325 g/mol. The summed E-state index contributed by atoms with van der Waals surface area (Å²) in [5.74, 6) is 0.825. The van der Waals surface area contributed by atoms with Crippen molar-refractivity contribution in [3.63, 3.8) is 0 Å². The summed E-state index contributed by atoms with van der Waals surface area (Å²) in [6, 6.07) is 16.4. The molecule has 0 bridgehead atoms. The Hall–Kier alpha value is -2.86. The van der Waals surface area contributed by atoms with Gasteiger partial charge in [-0.25, -0.2) is 9.78 Å². The minimum absolute atomic E-state index is 0.440. The molecule has 0 aliphatic rings. The van der Waals surface area contributed by atoms with Crippen LogP contribution < -0.4 is 15.8 Å². The standard InChI is InChI=1S/C17H15N3O2S/c18-17(21)19-13-8-6-12(7-9-13)15-11-23-16(20-15)10-22-14-4-2-1-3-5-14/h1-9,11H,10H2,(H3,18,19,21). The van der Waals surface area contributed by atoms with Gasteiger partial charge in [0.25, 0.3) is 0 Å². The lowest BCUT2D eigenvalue weighted by Gasteiger charge is -2.03. The molecule has 0 atom stereocenters. The van der Waals surface area contributed by atoms with Crippen LogP contribution in [0.15, 0.2) is 60.0 Å². The summed E-state index contributed by atoms with van der Waals surface area (Å²) < 4.78 is 5.69. The average Bonchev–Trinajstić information content (AvgIpc) is 3.03. The molecule has 116 valence electrons. The number of urea groups is 1. The normalized spacial score (nSPS) is 10.3. The number of nitrogens with one attached hydrogen (secondary N) is 1. The highest BCUT2D eigenvalue weighted by Crippen LogP contribution is 2.24. The van der Waals surface area contributed by atoms with Gasteiger partial charge < -0.3 is 15.8 Å². The fourth-order valence-electron chi connectivity index (χ4n) is 2.04. The summed E-state index contributed by atoms with van der Waals surface area (Å²) in [5, 5.41) is 5.42. The molecule has 5 nitrogen and oxygen atoms in total. The number of aromatic nitrogens is 1. The Balaban J connectivity index is 1.65. The maximum absolute atomic E-state index is 10.8. The van der Waals surface area contributed by atoms with E-state index in [0.717, 1.165) is 22.0 Å². The highest BCUT2D eigenvalue weighted by Gasteiger charge is 2.06. The van der Waals surface area contributed by atoms with E-state index < -0.39 is 6.03 Å². The highest BCUT2D eigenvalue weighted by atomic mass is 32.1. The zero-order valence-electron chi connectivity index (χ0n) is 12.2. The topological polar surface area (TPSA) is 77.2 Å². The van der Waals surface area contributed by atoms with Crippen LogP contribution in [0.2, 0.25) is 0 Å². The van der Waals surface area contributed by atoms with Crippen LogP contribution in [0.5, 0.6) is 5.75 Å². The summed E-state index contributed by atoms with van der Waals surface area (Å²) in [7, 11) is 0. The number of hydrogen-bond donors (Lipinski definition) is 2. The van der Waals surface area contributed by atoms with E-state index in [1.165, 1.54) is 0 Å². The molecule has 2 aromatic carbocycles. The van der Waals surface area contributed by atoms with Gasteiger partial charge in [-0.3, -0.25) is 0 Å². The number of nitrogens with two attached hydrogens (primary N) is 1. The van der Waals surface area contributed by atoms with E-state index in [4.69, 9.17) is 10.5 Å². The van der Waals surface area contributed by atoms with Crippen LogP contribution in [0.3, 0.4) is 0 Å². The number of ether oxygens (including phenoxy) is 1. The Bertz CT molecular complexity index is 785. The first-order valence-electron chi connectivity index (χ1n) is 7.00. The van der Waals surface area contributed by atoms with Crippen LogP contribution in [0.1, 0.15) is 5.01 Å². The van der Waals surface area contributed by atoms with Crippen molar-refractivity contribution in [1.82, 2.24) is 4.98 Å². The van der Waals surface area contributed by atoms with E-state index in [2.05, 4.69) is 10.3 Å². The molecule has 3 N–H and O–H groups in total. The van der Waals surface area contributed by atoms with Gasteiger partial charge in [-0.15, -0.1) is 11.3 Å². The fourth-order valence-corrected chi connectivity index (χ4v) is 2.75. The Morgan fingerprint density at radius 1 is 1.13 bits per heavy atom. The summed E-state index contributed by atoms with van der Waals surface area (Å²) in [6.07, 6.45) is 0. The number of thiazole rings is 1. The Morgan fingerprint density at radius 3 is 2.57 bits per heavy atom. The third-order valence-electron chi connectivity index (χ3n) is 3.11. The van der Waals surface area contributed by atoms with Crippen LogP contribution in [-0.2, 0) is 6.61 Å². The predicted octanol–water partition coefficient (Wildman–Crippen LogP) is 3.88. The van der Waals surface area contributed by atoms with Crippen molar-refractivity contribution in [3.8, 4) is 17.0 Å². The summed E-state index contributed by atoms with van der Waals surface area (Å²) in [5.41, 5.74) is 7.60. The number of primary amides is 1. The second-order valence-electron chi connectivity index (χ2n) is 4.79. The number of amides is 2. The molecule has 0 saturated heterocycles. The lowest BCUT2D eigenvalue weighted by Crippen LogP contribution is -2.19. The first kappa shape index (κ1) is 15.1. The van der Waals surface area contributed by atoms with Gasteiger partial charge in [0.05, 0.1) is 5.69 Å². The van der Waals surface area contributed by atoms with Gasteiger partial charge in [-0.2, -0.15) is 0 Å². The zero-order chi connectivity index (χ0) is 16.1. The Kier molecular flexibility index (Phi) is 4.54. The third kappa shape index (κ3) is 4.08. The number of carbonyl (C=O) groups is 1. The van der Waals surface area contributed by atoms with Gasteiger partial charge >= 0.3 is 6.03 Å². The van der Waals surface area contributed by atoms with Crippen molar-refractivity contribution in [2.24, 2.45) is 5.73 Å². The van der Waals surface area contributed by atoms with Gasteiger partial charge in [0, 0.05) is 16.6 Å². The van der Waals surface area contributed by atoms with Crippen LogP contribution in [0, 0.1) is 0 Å². The molecule has 1 aromatic heterocycles. The number of rotatable bonds is 5. The van der Waals surface area contributed by atoms with Crippen LogP contribution >= 0.6 is 11.3 Å². The highest BCUT2D eigenvalue weighted by molar-refractivity contribution is 7.09. The lowest BCUT2D eigenvalue weighted by atomic mass is 10.1. The van der Waals surface area contributed by atoms with Crippen molar-refractivity contribution in [2.75, 3.05) is 5.32 Å². The average molecular weight is 325 g/mol. The third-order valence-corrected chi connectivity index (χ3v) is 3.93. The molecule has 0 saturated carbocycles. The second-order valence-corrected chi connectivity index (χ2v) is 5.74. The smallest absolute Gasteiger partial charge is 0.316 e. The molecule has 23 heavy (non-hydrogen) atoms. The lowest BCUT2D eigenvalue weighted by molar-refractivity contribution is 0.259. The molecular weight excluding hydrogens is 310 g/mol. The number of nitrogens with zero attached hydrogens (tertiary/aromatic N) is 1. The summed E-state index contributed by atoms with van der Waals surface area (Å²) in [4.78, 5) is 15.4. The molecule has 3 rings (SSSR count). The van der Waals surface area contributed by atoms with Gasteiger partial charge in [-0.05, 0) is 24.3 Å². The molecular formula is C17H15N3O2S. The van der Waals surface area contributed by atoms with Crippen LogP contribution in [0.4, 0.5) is 10.5 Å². The number of para-hydroxylation sites is 1. The zero-order valence-corrected chi connectivity index (χ0v) is 13.0. The second kappa shape index (κ2) is 6.93. The maximum Gasteiger partial charge on any atom is 0.316 e. The quantitative estimate of drug-likeness (QED) is 0.747. The van der Waals surface area contributed by atoms with E-state index >= 15 is 0 Å². The SMILES string of the molecule is NC(=O)Nc1ccc(-c2csc(COc3ccccc3)n2)cc1. The minimum Gasteiger partial charge on any atom is -0.486 e. The summed E-state index contributed by atoms with van der Waals surface area (Å²) >= 11 is 1.55. The molecule has 0 radical (unpaired) electrons. The minimum atomic E-state index is -0.577. The first-order valence-corrected chi connectivity index (χ1v) is 7.88. The number of anilines is 1. The van der Waals surface area contributed by atoms with E-state index in [1.807, 2.05) is 47.8 Å². The van der Waals surface area contributed by atoms with E-state index in [1.54, 1.807) is 23.5 Å². The van der Waals surface area contributed by atoms with Gasteiger partial charge in [0.1, 0.15) is 17.4 Å². The van der Waals surface area contributed by atoms with Crippen molar-refractivity contribution in [1.29, 1.82) is 0 Å². The predicted molar refractivity (Wildman–Crippen MR) is 91.5 cm³/mol. The fraction of sp³-hybridized carbons (Fsp3) is 0.0588. The molecule has 0 fully saturated rings. The molecule has 0 unspecified atom stereocenters. The summed E-state index contributed by atoms with van der Waals surface area (Å²) in [6.45, 7) is 0.440. The van der Waals surface area contributed by atoms with Crippen molar-refractivity contribution < 1.29 is 9.53 Å². The van der Waals surface area contributed by atoms with Crippen LogP contribution in [-0.4, -0.2) is 11.0 Å². The van der Waals surface area contributed by atoms with E-state index in [9.17, 15) is 4.79 Å². The molecule has 2 amide bonds. The van der Waals surface area contributed by atoms with E-state index in [0.29, 0.717) is 12.3 Å². The number of hydrogen-bond acceptors (Lipinski definition) is 4. The largest absolute Gasteiger partial charge is 0.486 e. The first-order chi connectivity index (χ1) is 11.2. The van der Waals surface area contributed by atoms with Crippen molar-refractivity contribution >= 4 is 23.1 Å². The Morgan fingerprint density at radius 2 is 1.87 bits per heavy atom. The molecule has 6 heteroatoms. The number of carbonyl (C=O) groups excluding carboxylic acids is 1. The van der Waals surface area contributed by atoms with Crippen LogP contribution in [0.25, 0.3) is 11.3 Å².